The molecular formula is C17H21ClN2O. The van der Waals surface area contributed by atoms with E-state index in [0.717, 1.165) is 16.1 Å². The van der Waals surface area contributed by atoms with E-state index < -0.39 is 6.10 Å². The summed E-state index contributed by atoms with van der Waals surface area (Å²) >= 11 is 5.93. The molecule has 0 unspecified atom stereocenters. The summed E-state index contributed by atoms with van der Waals surface area (Å²) in [6.45, 7) is 1.12. The minimum Gasteiger partial charge on any atom is -0.390 e. The maximum Gasteiger partial charge on any atom is 0.0818 e. The average Bonchev–Trinajstić information content (AvgIpc) is 2.48. The standard InChI is InChI=1S/C17H21ClN2O/c18-15-8-4-7-14(9-15)11-20-12-17(21)16(19)10-13-5-2-1-3-6-13/h1-9,16-17,20-21H,10-12,19H2/t16-,17+/m0/s1. The van der Waals surface area contributed by atoms with Crippen LogP contribution in [0.25, 0.3) is 0 Å². The molecule has 112 valence electrons. The molecule has 4 heteroatoms. The Bertz CT molecular complexity index is 547. The van der Waals surface area contributed by atoms with Crippen LogP contribution in [0, 0.1) is 0 Å². The Kier molecular flexibility index (Phi) is 6.21. The topological polar surface area (TPSA) is 58.3 Å². The minimum absolute atomic E-state index is 0.278. The Morgan fingerprint density at radius 2 is 1.76 bits per heavy atom. The summed E-state index contributed by atoms with van der Waals surface area (Å²) in [6, 6.07) is 17.3. The van der Waals surface area contributed by atoms with Gasteiger partial charge in [-0.1, -0.05) is 54.1 Å². The van der Waals surface area contributed by atoms with Crippen LogP contribution in [0.2, 0.25) is 5.02 Å². The van der Waals surface area contributed by atoms with Gasteiger partial charge in [-0.05, 0) is 29.7 Å². The van der Waals surface area contributed by atoms with Gasteiger partial charge in [0.1, 0.15) is 0 Å². The van der Waals surface area contributed by atoms with Crippen LogP contribution >= 0.6 is 11.6 Å². The van der Waals surface area contributed by atoms with E-state index in [1.165, 1.54) is 0 Å². The molecule has 0 aromatic heterocycles. The van der Waals surface area contributed by atoms with Crippen molar-refractivity contribution in [3.05, 3.63) is 70.7 Å². The maximum absolute atomic E-state index is 10.1. The fraction of sp³-hybridized carbons (Fsp3) is 0.294. The molecule has 0 aliphatic rings. The van der Waals surface area contributed by atoms with E-state index in [2.05, 4.69) is 5.32 Å². The summed E-state index contributed by atoms with van der Waals surface area (Å²) in [5, 5.41) is 14.0. The summed E-state index contributed by atoms with van der Waals surface area (Å²) < 4.78 is 0. The van der Waals surface area contributed by atoms with Crippen LogP contribution in [0.1, 0.15) is 11.1 Å². The fourth-order valence-electron chi connectivity index (χ4n) is 2.18. The van der Waals surface area contributed by atoms with Crippen LogP contribution in [0.3, 0.4) is 0 Å². The zero-order chi connectivity index (χ0) is 15.1. The molecule has 0 aliphatic heterocycles. The number of halogens is 1. The number of benzene rings is 2. The monoisotopic (exact) mass is 304 g/mol. The Morgan fingerprint density at radius 3 is 2.48 bits per heavy atom. The zero-order valence-corrected chi connectivity index (χ0v) is 12.6. The highest BCUT2D eigenvalue weighted by Crippen LogP contribution is 2.10. The van der Waals surface area contributed by atoms with E-state index in [-0.39, 0.29) is 6.04 Å². The van der Waals surface area contributed by atoms with Gasteiger partial charge >= 0.3 is 0 Å². The second-order valence-corrected chi connectivity index (χ2v) is 5.62. The van der Waals surface area contributed by atoms with Crippen molar-refractivity contribution in [1.29, 1.82) is 0 Å². The lowest BCUT2D eigenvalue weighted by Crippen LogP contribution is -2.42. The normalized spacial score (nSPS) is 13.9. The Labute approximate surface area is 130 Å². The summed E-state index contributed by atoms with van der Waals surface area (Å²) in [5.41, 5.74) is 8.27. The van der Waals surface area contributed by atoms with E-state index in [1.54, 1.807) is 0 Å². The summed E-state index contributed by atoms with van der Waals surface area (Å²) in [5.74, 6) is 0. The first-order valence-corrected chi connectivity index (χ1v) is 7.45. The van der Waals surface area contributed by atoms with Crippen molar-refractivity contribution < 1.29 is 5.11 Å². The minimum atomic E-state index is -0.579. The molecule has 2 aromatic rings. The molecule has 3 nitrogen and oxygen atoms in total. The molecule has 21 heavy (non-hydrogen) atoms. The van der Waals surface area contributed by atoms with Crippen molar-refractivity contribution in [3.8, 4) is 0 Å². The predicted octanol–water partition coefficient (Wildman–Crippen LogP) is 2.36. The Balaban J connectivity index is 1.75. The molecule has 2 rings (SSSR count). The number of nitrogens with two attached hydrogens (primary N) is 1. The van der Waals surface area contributed by atoms with Crippen molar-refractivity contribution >= 4 is 11.6 Å². The quantitative estimate of drug-likeness (QED) is 0.736. The van der Waals surface area contributed by atoms with Gasteiger partial charge in [0.05, 0.1) is 6.10 Å². The molecule has 0 amide bonds. The third-order valence-corrected chi connectivity index (χ3v) is 3.62. The van der Waals surface area contributed by atoms with Gasteiger partial charge < -0.3 is 16.2 Å². The first kappa shape index (κ1) is 16.0. The molecule has 4 N–H and O–H groups in total. The zero-order valence-electron chi connectivity index (χ0n) is 11.9. The lowest BCUT2D eigenvalue weighted by atomic mass is 10.0. The molecule has 0 aliphatic carbocycles. The molecule has 2 aromatic carbocycles. The van der Waals surface area contributed by atoms with Crippen LogP contribution in [-0.4, -0.2) is 23.8 Å². The lowest BCUT2D eigenvalue weighted by molar-refractivity contribution is 0.141. The van der Waals surface area contributed by atoms with Gasteiger partial charge in [0.2, 0.25) is 0 Å². The van der Waals surface area contributed by atoms with E-state index in [9.17, 15) is 5.11 Å². The van der Waals surface area contributed by atoms with Crippen molar-refractivity contribution in [2.24, 2.45) is 5.73 Å². The largest absolute Gasteiger partial charge is 0.390 e. The van der Waals surface area contributed by atoms with Crippen LogP contribution in [0.15, 0.2) is 54.6 Å². The number of aliphatic hydroxyl groups excluding tert-OH is 1. The van der Waals surface area contributed by atoms with E-state index in [4.69, 9.17) is 17.3 Å². The first-order valence-electron chi connectivity index (χ1n) is 7.08. The smallest absolute Gasteiger partial charge is 0.0818 e. The molecule has 0 saturated heterocycles. The summed E-state index contributed by atoms with van der Waals surface area (Å²) in [6.07, 6.45) is 0.0882. The second-order valence-electron chi connectivity index (χ2n) is 5.18. The van der Waals surface area contributed by atoms with Crippen LogP contribution < -0.4 is 11.1 Å². The molecule has 0 bridgehead atoms. The van der Waals surface area contributed by atoms with E-state index >= 15 is 0 Å². The highest BCUT2D eigenvalue weighted by atomic mass is 35.5. The van der Waals surface area contributed by atoms with Gasteiger partial charge in [0, 0.05) is 24.2 Å². The van der Waals surface area contributed by atoms with Crippen LogP contribution in [-0.2, 0) is 13.0 Å². The fourth-order valence-corrected chi connectivity index (χ4v) is 2.40. The third kappa shape index (κ3) is 5.48. The van der Waals surface area contributed by atoms with Gasteiger partial charge in [-0.25, -0.2) is 0 Å². The van der Waals surface area contributed by atoms with Crippen LogP contribution in [0.4, 0.5) is 0 Å². The van der Waals surface area contributed by atoms with Crippen molar-refractivity contribution in [2.45, 2.75) is 25.1 Å². The molecular weight excluding hydrogens is 284 g/mol. The molecule has 0 saturated carbocycles. The SMILES string of the molecule is N[C@@H](Cc1ccccc1)[C@H](O)CNCc1cccc(Cl)c1. The number of rotatable bonds is 7. The predicted molar refractivity (Wildman–Crippen MR) is 87.3 cm³/mol. The molecule has 0 heterocycles. The highest BCUT2D eigenvalue weighted by Gasteiger charge is 2.14. The average molecular weight is 305 g/mol. The lowest BCUT2D eigenvalue weighted by Gasteiger charge is -2.19. The first-order chi connectivity index (χ1) is 10.1. The van der Waals surface area contributed by atoms with Crippen LogP contribution in [0.5, 0.6) is 0 Å². The molecule has 2 atom stereocenters. The van der Waals surface area contributed by atoms with Gasteiger partial charge in [-0.3, -0.25) is 0 Å². The molecule has 0 fully saturated rings. The van der Waals surface area contributed by atoms with Gasteiger partial charge in [-0.15, -0.1) is 0 Å². The summed E-state index contributed by atoms with van der Waals surface area (Å²) in [7, 11) is 0. The second kappa shape index (κ2) is 8.15. The van der Waals surface area contributed by atoms with E-state index in [0.29, 0.717) is 19.5 Å². The number of hydrogen-bond donors (Lipinski definition) is 3. The van der Waals surface area contributed by atoms with Crippen molar-refractivity contribution in [2.75, 3.05) is 6.54 Å². The third-order valence-electron chi connectivity index (χ3n) is 3.38. The molecule has 0 spiro atoms. The number of aliphatic hydroxyl groups is 1. The number of nitrogens with one attached hydrogen (secondary N) is 1. The van der Waals surface area contributed by atoms with Gasteiger partial charge in [0.25, 0.3) is 0 Å². The van der Waals surface area contributed by atoms with Crippen molar-refractivity contribution in [1.82, 2.24) is 5.32 Å². The Morgan fingerprint density at radius 1 is 1.05 bits per heavy atom. The van der Waals surface area contributed by atoms with Gasteiger partial charge in [-0.2, -0.15) is 0 Å². The van der Waals surface area contributed by atoms with E-state index in [1.807, 2.05) is 54.6 Å². The summed E-state index contributed by atoms with van der Waals surface area (Å²) in [4.78, 5) is 0. The van der Waals surface area contributed by atoms with Crippen molar-refractivity contribution in [3.63, 3.8) is 0 Å². The highest BCUT2D eigenvalue weighted by molar-refractivity contribution is 6.30. The Hall–Kier alpha value is -1.39. The maximum atomic E-state index is 10.1. The number of hydrogen-bond acceptors (Lipinski definition) is 3. The molecule has 0 radical (unpaired) electrons. The van der Waals surface area contributed by atoms with Gasteiger partial charge in [0.15, 0.2) is 0 Å².